The van der Waals surface area contributed by atoms with Gasteiger partial charge in [-0.25, -0.2) is 0 Å². The van der Waals surface area contributed by atoms with Crippen LogP contribution in [0.5, 0.6) is 0 Å². The summed E-state index contributed by atoms with van der Waals surface area (Å²) in [6.07, 6.45) is 0.676. The number of carbonyl (C=O) groups is 1. The van der Waals surface area contributed by atoms with Crippen molar-refractivity contribution in [1.29, 1.82) is 0 Å². The van der Waals surface area contributed by atoms with E-state index in [0.29, 0.717) is 6.42 Å². The van der Waals surface area contributed by atoms with Gasteiger partial charge in [-0.2, -0.15) is 0 Å². The Morgan fingerprint density at radius 3 is 2.26 bits per heavy atom. The fourth-order valence-electron chi connectivity index (χ4n) is 2.72. The van der Waals surface area contributed by atoms with Crippen molar-refractivity contribution >= 4 is 17.7 Å². The first-order valence-electron chi connectivity index (χ1n) is 9.05. The van der Waals surface area contributed by atoms with Crippen molar-refractivity contribution in [1.82, 2.24) is 20.1 Å². The fourth-order valence-corrected chi connectivity index (χ4v) is 3.61. The summed E-state index contributed by atoms with van der Waals surface area (Å²) < 4.78 is 2.04. The summed E-state index contributed by atoms with van der Waals surface area (Å²) in [6, 6.07) is 20.3. The predicted molar refractivity (Wildman–Crippen MR) is 109 cm³/mol. The Morgan fingerprint density at radius 1 is 1.00 bits per heavy atom. The van der Waals surface area contributed by atoms with E-state index in [0.717, 1.165) is 16.7 Å². The number of hydrogen-bond donors (Lipinski definition) is 1. The first-order valence-corrected chi connectivity index (χ1v) is 9.93. The maximum absolute atomic E-state index is 12.3. The van der Waals surface area contributed by atoms with E-state index in [1.54, 1.807) is 0 Å². The minimum Gasteiger partial charge on any atom is -0.353 e. The fraction of sp³-hybridized carbons (Fsp3) is 0.286. The summed E-state index contributed by atoms with van der Waals surface area (Å²) in [4.78, 5) is 12.3. The van der Waals surface area contributed by atoms with Crippen LogP contribution < -0.4 is 5.32 Å². The SMILES string of the molecule is CC(C)NC(=O)C(C)Sc1nnc(Cc2ccccc2)n1-c1ccccc1. The minimum atomic E-state index is -0.261. The maximum atomic E-state index is 12.3. The highest BCUT2D eigenvalue weighted by Gasteiger charge is 2.21. The molecule has 0 radical (unpaired) electrons. The molecular formula is C21H24N4OS. The summed E-state index contributed by atoms with van der Waals surface area (Å²) in [7, 11) is 0. The van der Waals surface area contributed by atoms with Gasteiger partial charge >= 0.3 is 0 Å². The zero-order chi connectivity index (χ0) is 19.2. The monoisotopic (exact) mass is 380 g/mol. The van der Waals surface area contributed by atoms with Gasteiger partial charge in [0.05, 0.1) is 5.25 Å². The smallest absolute Gasteiger partial charge is 0.233 e. The summed E-state index contributed by atoms with van der Waals surface area (Å²) in [6.45, 7) is 5.81. The van der Waals surface area contributed by atoms with Gasteiger partial charge in [0.2, 0.25) is 5.91 Å². The highest BCUT2D eigenvalue weighted by Crippen LogP contribution is 2.26. The standard InChI is InChI=1S/C21H24N4OS/c1-15(2)22-20(26)16(3)27-21-24-23-19(14-17-10-6-4-7-11-17)25(21)18-12-8-5-9-13-18/h4-13,15-16H,14H2,1-3H3,(H,22,26). The molecule has 0 bridgehead atoms. The van der Waals surface area contributed by atoms with Crippen LogP contribution >= 0.6 is 11.8 Å². The van der Waals surface area contributed by atoms with Gasteiger partial charge in [-0.3, -0.25) is 9.36 Å². The number of thioether (sulfide) groups is 1. The van der Waals surface area contributed by atoms with Gasteiger partial charge in [-0.05, 0) is 38.5 Å². The highest BCUT2D eigenvalue weighted by atomic mass is 32.2. The summed E-state index contributed by atoms with van der Waals surface area (Å²) in [5.74, 6) is 0.855. The maximum Gasteiger partial charge on any atom is 0.233 e. The molecule has 1 amide bonds. The molecule has 3 aromatic rings. The second kappa shape index (κ2) is 8.86. The number of hydrogen-bond acceptors (Lipinski definition) is 4. The second-order valence-corrected chi connectivity index (χ2v) is 7.96. The number of amides is 1. The van der Waals surface area contributed by atoms with E-state index in [2.05, 4.69) is 27.6 Å². The molecular weight excluding hydrogens is 356 g/mol. The van der Waals surface area contributed by atoms with Crippen molar-refractivity contribution < 1.29 is 4.79 Å². The predicted octanol–water partition coefficient (Wildman–Crippen LogP) is 3.86. The molecule has 6 heteroatoms. The number of benzene rings is 2. The van der Waals surface area contributed by atoms with Crippen LogP contribution in [0.15, 0.2) is 65.8 Å². The molecule has 1 heterocycles. The first kappa shape index (κ1) is 19.2. The van der Waals surface area contributed by atoms with Gasteiger partial charge < -0.3 is 5.32 Å². The molecule has 0 saturated carbocycles. The summed E-state index contributed by atoms with van der Waals surface area (Å²) >= 11 is 1.42. The van der Waals surface area contributed by atoms with E-state index in [1.807, 2.05) is 73.9 Å². The molecule has 0 aliphatic heterocycles. The van der Waals surface area contributed by atoms with Crippen molar-refractivity contribution in [2.24, 2.45) is 0 Å². The lowest BCUT2D eigenvalue weighted by atomic mass is 10.1. The molecule has 0 saturated heterocycles. The Balaban J connectivity index is 1.91. The van der Waals surface area contributed by atoms with Crippen LogP contribution in [-0.2, 0) is 11.2 Å². The van der Waals surface area contributed by atoms with Crippen molar-refractivity contribution in [2.45, 2.75) is 43.6 Å². The topological polar surface area (TPSA) is 59.8 Å². The van der Waals surface area contributed by atoms with Crippen molar-refractivity contribution in [3.63, 3.8) is 0 Å². The lowest BCUT2D eigenvalue weighted by molar-refractivity contribution is -0.120. The third-order valence-electron chi connectivity index (χ3n) is 4.00. The quantitative estimate of drug-likeness (QED) is 0.632. The average Bonchev–Trinajstić information content (AvgIpc) is 3.04. The lowest BCUT2D eigenvalue weighted by Gasteiger charge is -2.15. The molecule has 0 fully saturated rings. The van der Waals surface area contributed by atoms with Crippen LogP contribution in [0, 0.1) is 0 Å². The van der Waals surface area contributed by atoms with Gasteiger partial charge in [-0.15, -0.1) is 10.2 Å². The number of nitrogens with one attached hydrogen (secondary N) is 1. The van der Waals surface area contributed by atoms with Crippen LogP contribution in [-0.4, -0.2) is 32.0 Å². The van der Waals surface area contributed by atoms with Crippen LogP contribution in [0.3, 0.4) is 0 Å². The number of aromatic nitrogens is 3. The van der Waals surface area contributed by atoms with Crippen LogP contribution in [0.1, 0.15) is 32.2 Å². The van der Waals surface area contributed by atoms with E-state index < -0.39 is 0 Å². The van der Waals surface area contributed by atoms with E-state index in [9.17, 15) is 4.79 Å². The molecule has 1 unspecified atom stereocenters. The number of rotatable bonds is 7. The molecule has 5 nitrogen and oxygen atoms in total. The Hall–Kier alpha value is -2.60. The van der Waals surface area contributed by atoms with Crippen molar-refractivity contribution in [3.05, 3.63) is 72.1 Å². The van der Waals surface area contributed by atoms with Gasteiger partial charge in [-0.1, -0.05) is 60.3 Å². The molecule has 2 aromatic carbocycles. The van der Waals surface area contributed by atoms with E-state index in [1.165, 1.54) is 17.3 Å². The Bertz CT molecular complexity index is 878. The minimum absolute atomic E-state index is 0.00206. The normalized spacial score (nSPS) is 12.1. The zero-order valence-corrected chi connectivity index (χ0v) is 16.6. The van der Waals surface area contributed by atoms with Gasteiger partial charge in [0, 0.05) is 18.2 Å². The van der Waals surface area contributed by atoms with Crippen LogP contribution in [0.2, 0.25) is 0 Å². The van der Waals surface area contributed by atoms with Gasteiger partial charge in [0.1, 0.15) is 5.82 Å². The summed E-state index contributed by atoms with van der Waals surface area (Å²) in [5.41, 5.74) is 2.16. The lowest BCUT2D eigenvalue weighted by Crippen LogP contribution is -2.36. The molecule has 1 N–H and O–H groups in total. The molecule has 27 heavy (non-hydrogen) atoms. The van der Waals surface area contributed by atoms with Gasteiger partial charge in [0.25, 0.3) is 0 Å². The molecule has 1 aromatic heterocycles. The van der Waals surface area contributed by atoms with E-state index in [4.69, 9.17) is 0 Å². The third-order valence-corrected chi connectivity index (χ3v) is 5.04. The number of para-hydroxylation sites is 1. The molecule has 140 valence electrons. The van der Waals surface area contributed by atoms with Crippen LogP contribution in [0.4, 0.5) is 0 Å². The zero-order valence-electron chi connectivity index (χ0n) is 15.8. The molecule has 1 atom stereocenters. The van der Waals surface area contributed by atoms with Crippen molar-refractivity contribution in [3.8, 4) is 5.69 Å². The average molecular weight is 381 g/mol. The summed E-state index contributed by atoms with van der Waals surface area (Å²) in [5, 5.41) is 12.2. The third kappa shape index (κ3) is 4.98. The molecule has 0 aliphatic rings. The van der Waals surface area contributed by atoms with Crippen molar-refractivity contribution in [2.75, 3.05) is 0 Å². The Morgan fingerprint density at radius 2 is 1.63 bits per heavy atom. The largest absolute Gasteiger partial charge is 0.353 e. The number of carbonyl (C=O) groups excluding carboxylic acids is 1. The van der Waals surface area contributed by atoms with E-state index >= 15 is 0 Å². The second-order valence-electron chi connectivity index (χ2n) is 6.66. The van der Waals surface area contributed by atoms with E-state index in [-0.39, 0.29) is 17.2 Å². The molecule has 3 rings (SSSR count). The Labute approximate surface area is 164 Å². The first-order chi connectivity index (χ1) is 13.0. The molecule has 0 spiro atoms. The van der Waals surface area contributed by atoms with Gasteiger partial charge in [0.15, 0.2) is 5.16 Å². The highest BCUT2D eigenvalue weighted by molar-refractivity contribution is 8.00. The molecule has 0 aliphatic carbocycles. The van der Waals surface area contributed by atoms with Crippen LogP contribution in [0.25, 0.3) is 5.69 Å². The number of nitrogens with zero attached hydrogens (tertiary/aromatic N) is 3. The Kier molecular flexibility index (Phi) is 6.29.